The van der Waals surface area contributed by atoms with Gasteiger partial charge in [-0.25, -0.2) is 9.00 Å². The number of carboxylic acid groups (broad SMARTS) is 1. The Hall–Kier alpha value is -0.820. The fourth-order valence-electron chi connectivity index (χ4n) is 1.42. The van der Waals surface area contributed by atoms with Crippen molar-refractivity contribution in [1.29, 1.82) is 0 Å². The average Bonchev–Trinajstić information content (AvgIpc) is 2.59. The van der Waals surface area contributed by atoms with Gasteiger partial charge in [-0.1, -0.05) is 0 Å². The predicted octanol–water partition coefficient (Wildman–Crippen LogP) is 5.63. The van der Waals surface area contributed by atoms with E-state index >= 15 is 0 Å². The number of rotatable bonds is 3. The molecule has 0 radical (unpaired) electrons. The number of halogens is 5. The summed E-state index contributed by atoms with van der Waals surface area (Å²) < 4.78 is 24.1. The lowest BCUT2D eigenvalue weighted by Gasteiger charge is -1.98. The summed E-state index contributed by atoms with van der Waals surface area (Å²) in [6.45, 7) is 0. The van der Waals surface area contributed by atoms with Crippen molar-refractivity contribution in [3.8, 4) is 0 Å². The number of hydrogen-bond donors (Lipinski definition) is 2. The fourth-order valence-corrected chi connectivity index (χ4v) is 2.47. The van der Waals surface area contributed by atoms with Gasteiger partial charge in [0.15, 0.2) is 0 Å². The molecule has 7 nitrogen and oxygen atoms in total. The van der Waals surface area contributed by atoms with Gasteiger partial charge in [0, 0.05) is 41.6 Å². The van der Waals surface area contributed by atoms with Crippen LogP contribution in [0.25, 0.3) is 0 Å². The van der Waals surface area contributed by atoms with Crippen LogP contribution in [0, 0.1) is 0 Å². The van der Waals surface area contributed by atoms with Crippen LogP contribution in [0.1, 0.15) is 20.7 Å². The molecule has 152 valence electrons. The SMILES string of the molecule is Nc1cc(C(=O)O)ccc1Br.O=S(Cl)Cl.O=S=Nc1cc(C(=O)Cl)ccc1Br. The smallest absolute Gasteiger partial charge is 0.335 e. The number of carbonyl (C=O) groups excluding carboxylic acids is 1. The van der Waals surface area contributed by atoms with Crippen molar-refractivity contribution in [1.82, 2.24) is 0 Å². The van der Waals surface area contributed by atoms with E-state index in [0.29, 0.717) is 25.9 Å². The summed E-state index contributed by atoms with van der Waals surface area (Å²) in [5.41, 5.74) is 6.81. The molecule has 0 atom stereocenters. The van der Waals surface area contributed by atoms with Gasteiger partial charge in [-0.3, -0.25) is 4.79 Å². The monoisotopic (exact) mass is 612 g/mol. The predicted molar refractivity (Wildman–Crippen MR) is 120 cm³/mol. The molecule has 14 heteroatoms. The van der Waals surface area contributed by atoms with Crippen LogP contribution < -0.4 is 5.73 Å². The Balaban J connectivity index is 0.000000442. The van der Waals surface area contributed by atoms with Crippen LogP contribution in [0.3, 0.4) is 0 Å². The lowest BCUT2D eigenvalue weighted by atomic mass is 10.2. The molecule has 0 aliphatic rings. The van der Waals surface area contributed by atoms with Crippen molar-refractivity contribution in [2.45, 2.75) is 0 Å². The van der Waals surface area contributed by atoms with Crippen molar-refractivity contribution in [2.75, 3.05) is 5.73 Å². The second-order valence-electron chi connectivity index (χ2n) is 4.33. The summed E-state index contributed by atoms with van der Waals surface area (Å²) in [6, 6.07) is 9.12. The van der Waals surface area contributed by atoms with Crippen LogP contribution in [0.15, 0.2) is 49.7 Å². The van der Waals surface area contributed by atoms with Gasteiger partial charge in [-0.05, 0) is 79.9 Å². The quantitative estimate of drug-likeness (QED) is 0.341. The molecule has 0 saturated carbocycles. The number of nitrogens with two attached hydrogens (primary N) is 1. The molecule has 0 saturated heterocycles. The highest BCUT2D eigenvalue weighted by molar-refractivity contribution is 9.11. The van der Waals surface area contributed by atoms with Crippen molar-refractivity contribution >= 4 is 108 Å². The molecule has 28 heavy (non-hydrogen) atoms. The summed E-state index contributed by atoms with van der Waals surface area (Å²) >= 11 is 11.7. The van der Waals surface area contributed by atoms with Gasteiger partial charge in [0.25, 0.3) is 5.24 Å². The number of anilines is 1. The van der Waals surface area contributed by atoms with E-state index in [4.69, 9.17) is 26.7 Å². The number of hydrogen-bond acceptors (Lipinski definition) is 6. The Morgan fingerprint density at radius 2 is 1.57 bits per heavy atom. The fraction of sp³-hybridized carbons (Fsp3) is 0. The largest absolute Gasteiger partial charge is 0.478 e. The Kier molecular flexibility index (Phi) is 13.8. The second kappa shape index (κ2) is 14.2. The first-order chi connectivity index (χ1) is 13.0. The number of carboxylic acids is 1. The molecule has 0 unspecified atom stereocenters. The van der Waals surface area contributed by atoms with Crippen LogP contribution in [0.4, 0.5) is 11.4 Å². The summed E-state index contributed by atoms with van der Waals surface area (Å²) in [5, 5.41) is 7.96. The first kappa shape index (κ1) is 27.2. The van der Waals surface area contributed by atoms with Gasteiger partial charge in [0.2, 0.25) is 20.7 Å². The molecule has 0 spiro atoms. The van der Waals surface area contributed by atoms with E-state index in [1.54, 1.807) is 18.2 Å². The zero-order valence-electron chi connectivity index (χ0n) is 13.3. The number of aromatic carboxylic acids is 1. The van der Waals surface area contributed by atoms with E-state index in [1.165, 1.54) is 18.2 Å². The average molecular weight is 616 g/mol. The number of carbonyl (C=O) groups is 2. The lowest BCUT2D eigenvalue weighted by Crippen LogP contribution is -1.97. The Morgan fingerprint density at radius 3 is 2.00 bits per heavy atom. The summed E-state index contributed by atoms with van der Waals surface area (Å²) in [6.07, 6.45) is 0. The minimum absolute atomic E-state index is 0.0799. The third-order valence-corrected chi connectivity index (χ3v) is 4.43. The molecule has 0 aliphatic carbocycles. The minimum atomic E-state index is -1.67. The molecule has 0 aromatic heterocycles. The normalized spacial score (nSPS) is 9.36. The van der Waals surface area contributed by atoms with Crippen LogP contribution >= 0.6 is 64.8 Å². The first-order valence-corrected chi connectivity index (χ1v) is 12.0. The number of nitrogens with zero attached hydrogens (tertiary/aromatic N) is 1. The van der Waals surface area contributed by atoms with Gasteiger partial charge < -0.3 is 10.8 Å². The third kappa shape index (κ3) is 11.2. The molecule has 0 aliphatic heterocycles. The first-order valence-electron chi connectivity index (χ1n) is 6.51. The molecule has 0 bridgehead atoms. The summed E-state index contributed by atoms with van der Waals surface area (Å²) in [7, 11) is 7.36. The maximum absolute atomic E-state index is 10.7. The summed E-state index contributed by atoms with van der Waals surface area (Å²) in [5.74, 6) is -0.968. The Labute approximate surface area is 196 Å². The third-order valence-electron chi connectivity index (χ3n) is 2.55. The van der Waals surface area contributed by atoms with E-state index in [-0.39, 0.29) is 17.0 Å². The standard InChI is InChI=1S/C7H3BrClNO2S.C7H6BrNO2.Cl2OS/c8-5-2-1-4(7(9)11)3-6(5)10-13-12;8-5-2-1-4(7(10)11)3-6(5)9;1-4(2)3/h1-3H;1-3H,9H2,(H,10,11);. The van der Waals surface area contributed by atoms with Crippen LogP contribution in [0.5, 0.6) is 0 Å². The number of nitrogen functional groups attached to an aromatic ring is 1. The maximum Gasteiger partial charge on any atom is 0.335 e. The minimum Gasteiger partial charge on any atom is -0.478 e. The molecule has 0 amide bonds. The highest BCUT2D eigenvalue weighted by atomic mass is 79.9. The lowest BCUT2D eigenvalue weighted by molar-refractivity contribution is 0.0696. The highest BCUT2D eigenvalue weighted by Crippen LogP contribution is 2.26. The topological polar surface area (TPSA) is 127 Å². The van der Waals surface area contributed by atoms with Crippen LogP contribution in [-0.2, 0) is 20.7 Å². The Bertz CT molecular complexity index is 939. The van der Waals surface area contributed by atoms with Gasteiger partial charge in [-0.15, -0.1) is 0 Å². The van der Waals surface area contributed by atoms with Crippen molar-refractivity contribution < 1.29 is 23.1 Å². The van der Waals surface area contributed by atoms with Gasteiger partial charge >= 0.3 is 5.97 Å². The van der Waals surface area contributed by atoms with Crippen LogP contribution in [-0.4, -0.2) is 24.7 Å². The van der Waals surface area contributed by atoms with E-state index in [9.17, 15) is 13.8 Å². The summed E-state index contributed by atoms with van der Waals surface area (Å²) in [4.78, 5) is 21.1. The molecular formula is C14H9Br2Cl3N2O5S2. The maximum atomic E-state index is 10.7. The van der Waals surface area contributed by atoms with Crippen molar-refractivity contribution in [3.63, 3.8) is 0 Å². The van der Waals surface area contributed by atoms with Gasteiger partial charge in [0.1, 0.15) is 0 Å². The van der Waals surface area contributed by atoms with Gasteiger partial charge in [-0.2, -0.15) is 8.57 Å². The molecule has 2 aromatic rings. The van der Waals surface area contributed by atoms with E-state index < -0.39 is 20.4 Å². The Morgan fingerprint density at radius 1 is 1.07 bits per heavy atom. The highest BCUT2D eigenvalue weighted by Gasteiger charge is 2.05. The zero-order chi connectivity index (χ0) is 21.9. The molecule has 3 N–H and O–H groups in total. The molecule has 0 heterocycles. The zero-order valence-corrected chi connectivity index (χ0v) is 20.3. The van der Waals surface area contributed by atoms with E-state index in [0.717, 1.165) is 0 Å². The van der Waals surface area contributed by atoms with Crippen molar-refractivity contribution in [3.05, 3.63) is 56.5 Å². The van der Waals surface area contributed by atoms with E-state index in [1.807, 2.05) is 0 Å². The second-order valence-corrected chi connectivity index (χ2v) is 9.24. The molecule has 2 rings (SSSR count). The molecule has 2 aromatic carbocycles. The molecular weight excluding hydrogens is 606 g/mol. The van der Waals surface area contributed by atoms with Crippen LogP contribution in [0.2, 0.25) is 0 Å². The molecule has 0 fully saturated rings. The number of benzene rings is 2. The van der Waals surface area contributed by atoms with Crippen molar-refractivity contribution in [2.24, 2.45) is 4.36 Å². The van der Waals surface area contributed by atoms with E-state index in [2.05, 4.69) is 57.6 Å². The van der Waals surface area contributed by atoms with Gasteiger partial charge in [0.05, 0.1) is 11.3 Å².